The molecule has 0 bridgehead atoms. The van der Waals surface area contributed by atoms with Crippen molar-refractivity contribution in [3.8, 4) is 0 Å². The summed E-state index contributed by atoms with van der Waals surface area (Å²) in [5.41, 5.74) is 1.06. The van der Waals surface area contributed by atoms with Crippen LogP contribution in [0.5, 0.6) is 0 Å². The molecule has 0 radical (unpaired) electrons. The van der Waals surface area contributed by atoms with E-state index < -0.39 is 0 Å². The molecule has 0 fully saturated rings. The third-order valence-corrected chi connectivity index (χ3v) is 4.73. The second-order valence-electron chi connectivity index (χ2n) is 4.14. The van der Waals surface area contributed by atoms with Crippen LogP contribution in [0, 0.1) is 0 Å². The average Bonchev–Trinajstić information content (AvgIpc) is 3.04. The van der Waals surface area contributed by atoms with Gasteiger partial charge in [-0.15, -0.1) is 11.3 Å². The highest BCUT2D eigenvalue weighted by molar-refractivity contribution is 7.22. The summed E-state index contributed by atoms with van der Waals surface area (Å²) in [6.45, 7) is 3.05. The number of nitrogens with zero attached hydrogens (tertiary/aromatic N) is 2. The van der Waals surface area contributed by atoms with Crippen LogP contribution in [0.25, 0.3) is 10.2 Å². The van der Waals surface area contributed by atoms with Gasteiger partial charge in [0.2, 0.25) is 0 Å². The molecule has 0 saturated carbocycles. The molecule has 0 aliphatic heterocycles. The van der Waals surface area contributed by atoms with Crippen molar-refractivity contribution >= 4 is 38.0 Å². The van der Waals surface area contributed by atoms with Crippen molar-refractivity contribution < 1.29 is 0 Å². The Morgan fingerprint density at radius 1 is 1.33 bits per heavy atom. The van der Waals surface area contributed by atoms with Crippen LogP contribution >= 0.6 is 22.7 Å². The topological polar surface area (TPSA) is 37.8 Å². The zero-order valence-corrected chi connectivity index (χ0v) is 11.6. The maximum absolute atomic E-state index is 4.56. The summed E-state index contributed by atoms with van der Waals surface area (Å²) in [5.74, 6) is 0.414. The minimum absolute atomic E-state index is 0.414. The highest BCUT2D eigenvalue weighted by atomic mass is 32.1. The maximum Gasteiger partial charge on any atom is 0.183 e. The molecule has 0 spiro atoms. The van der Waals surface area contributed by atoms with Crippen LogP contribution in [0.15, 0.2) is 35.8 Å². The summed E-state index contributed by atoms with van der Waals surface area (Å²) >= 11 is 3.40. The molecular formula is C13H13N3S2. The molecule has 0 amide bonds. The predicted octanol–water partition coefficient (Wildman–Crippen LogP) is 3.97. The van der Waals surface area contributed by atoms with E-state index in [4.69, 9.17) is 0 Å². The molecule has 3 aromatic rings. The van der Waals surface area contributed by atoms with Gasteiger partial charge in [0, 0.05) is 24.0 Å². The lowest BCUT2D eigenvalue weighted by Crippen LogP contribution is -2.09. The van der Waals surface area contributed by atoms with E-state index in [0.717, 1.165) is 17.2 Å². The van der Waals surface area contributed by atoms with Gasteiger partial charge in [-0.2, -0.15) is 0 Å². The van der Waals surface area contributed by atoms with E-state index in [-0.39, 0.29) is 0 Å². The van der Waals surface area contributed by atoms with Crippen LogP contribution in [-0.4, -0.2) is 16.5 Å². The highest BCUT2D eigenvalue weighted by Gasteiger charge is 2.09. The van der Waals surface area contributed by atoms with Crippen molar-refractivity contribution in [2.24, 2.45) is 0 Å². The first kappa shape index (κ1) is 11.6. The zero-order valence-electron chi connectivity index (χ0n) is 9.96. The Morgan fingerprint density at radius 2 is 2.22 bits per heavy atom. The number of hydrogen-bond acceptors (Lipinski definition) is 5. The molecule has 92 valence electrons. The molecule has 3 nitrogen and oxygen atoms in total. The number of aromatic nitrogens is 2. The molecule has 0 saturated heterocycles. The first-order valence-electron chi connectivity index (χ1n) is 5.82. The summed E-state index contributed by atoms with van der Waals surface area (Å²) in [4.78, 5) is 8.89. The van der Waals surface area contributed by atoms with Gasteiger partial charge in [0.25, 0.3) is 0 Å². The van der Waals surface area contributed by atoms with Gasteiger partial charge in [0.1, 0.15) is 0 Å². The Labute approximate surface area is 114 Å². The second-order valence-corrected chi connectivity index (χ2v) is 6.10. The number of nitrogens with one attached hydrogen (secondary N) is 1. The van der Waals surface area contributed by atoms with E-state index in [1.807, 2.05) is 29.8 Å². The standard InChI is InChI=1S/C13H13N3S2/c1-9(12-14-6-7-17-12)8-15-13-16-10-4-2-3-5-11(10)18-13/h2-7,9H,8H2,1H3,(H,15,16). The normalized spacial score (nSPS) is 12.7. The molecule has 2 aromatic heterocycles. The van der Waals surface area contributed by atoms with Crippen LogP contribution in [0.2, 0.25) is 0 Å². The quantitative estimate of drug-likeness (QED) is 0.783. The molecule has 18 heavy (non-hydrogen) atoms. The third kappa shape index (κ3) is 2.37. The van der Waals surface area contributed by atoms with E-state index in [0.29, 0.717) is 5.92 Å². The maximum atomic E-state index is 4.56. The fourth-order valence-corrected chi connectivity index (χ4v) is 3.32. The zero-order chi connectivity index (χ0) is 12.4. The van der Waals surface area contributed by atoms with Gasteiger partial charge in [-0.1, -0.05) is 30.4 Å². The van der Waals surface area contributed by atoms with Gasteiger partial charge in [-0.05, 0) is 12.1 Å². The minimum Gasteiger partial charge on any atom is -0.361 e. The SMILES string of the molecule is CC(CNc1nc2ccccc2s1)c1nccs1. The summed E-state index contributed by atoms with van der Waals surface area (Å²) in [6.07, 6.45) is 1.86. The molecular weight excluding hydrogens is 262 g/mol. The fraction of sp³-hybridized carbons (Fsp3) is 0.231. The number of fused-ring (bicyclic) bond motifs is 1. The lowest BCUT2D eigenvalue weighted by atomic mass is 10.2. The van der Waals surface area contributed by atoms with Gasteiger partial charge in [-0.3, -0.25) is 0 Å². The Hall–Kier alpha value is -1.46. The van der Waals surface area contributed by atoms with Crippen molar-refractivity contribution in [2.75, 3.05) is 11.9 Å². The van der Waals surface area contributed by atoms with Crippen molar-refractivity contribution in [3.63, 3.8) is 0 Å². The van der Waals surface area contributed by atoms with Gasteiger partial charge in [0.05, 0.1) is 15.2 Å². The third-order valence-electron chi connectivity index (χ3n) is 2.73. The Balaban J connectivity index is 1.69. The van der Waals surface area contributed by atoms with E-state index in [1.165, 1.54) is 9.71 Å². The Kier molecular flexibility index (Phi) is 3.25. The van der Waals surface area contributed by atoms with Crippen molar-refractivity contribution in [2.45, 2.75) is 12.8 Å². The second kappa shape index (κ2) is 5.04. The van der Waals surface area contributed by atoms with Gasteiger partial charge >= 0.3 is 0 Å². The van der Waals surface area contributed by atoms with Gasteiger partial charge in [-0.25, -0.2) is 9.97 Å². The van der Waals surface area contributed by atoms with Gasteiger partial charge < -0.3 is 5.32 Å². The molecule has 2 heterocycles. The van der Waals surface area contributed by atoms with Crippen molar-refractivity contribution in [3.05, 3.63) is 40.8 Å². The Morgan fingerprint density at radius 3 is 3.00 bits per heavy atom. The molecule has 3 rings (SSSR count). The molecule has 1 atom stereocenters. The first-order chi connectivity index (χ1) is 8.83. The average molecular weight is 275 g/mol. The summed E-state index contributed by atoms with van der Waals surface area (Å²) < 4.78 is 1.22. The number of rotatable bonds is 4. The monoisotopic (exact) mass is 275 g/mol. The summed E-state index contributed by atoms with van der Waals surface area (Å²) in [6, 6.07) is 8.20. The highest BCUT2D eigenvalue weighted by Crippen LogP contribution is 2.26. The lowest BCUT2D eigenvalue weighted by molar-refractivity contribution is 0.794. The van der Waals surface area contributed by atoms with E-state index in [9.17, 15) is 0 Å². The van der Waals surface area contributed by atoms with Crippen LogP contribution < -0.4 is 5.32 Å². The lowest BCUT2D eigenvalue weighted by Gasteiger charge is -2.08. The molecule has 1 N–H and O–H groups in total. The van der Waals surface area contributed by atoms with E-state index >= 15 is 0 Å². The van der Waals surface area contributed by atoms with Crippen LogP contribution in [-0.2, 0) is 0 Å². The van der Waals surface area contributed by atoms with Gasteiger partial charge in [0.15, 0.2) is 5.13 Å². The predicted molar refractivity (Wildman–Crippen MR) is 78.6 cm³/mol. The number of anilines is 1. The van der Waals surface area contributed by atoms with Crippen LogP contribution in [0.3, 0.4) is 0 Å². The smallest absolute Gasteiger partial charge is 0.183 e. The van der Waals surface area contributed by atoms with E-state index in [1.54, 1.807) is 22.7 Å². The van der Waals surface area contributed by atoms with Crippen molar-refractivity contribution in [1.29, 1.82) is 0 Å². The number of thiazole rings is 2. The van der Waals surface area contributed by atoms with Crippen molar-refractivity contribution in [1.82, 2.24) is 9.97 Å². The molecule has 0 aliphatic rings. The largest absolute Gasteiger partial charge is 0.361 e. The van der Waals surface area contributed by atoms with Crippen LogP contribution in [0.4, 0.5) is 5.13 Å². The number of benzene rings is 1. The summed E-state index contributed by atoms with van der Waals surface area (Å²) in [5, 5.41) is 7.57. The number of para-hydroxylation sites is 1. The first-order valence-corrected chi connectivity index (χ1v) is 7.51. The molecule has 5 heteroatoms. The molecule has 1 aromatic carbocycles. The fourth-order valence-electron chi connectivity index (χ4n) is 1.75. The number of hydrogen-bond donors (Lipinski definition) is 1. The summed E-state index contributed by atoms with van der Waals surface area (Å²) in [7, 11) is 0. The minimum atomic E-state index is 0.414. The van der Waals surface area contributed by atoms with E-state index in [2.05, 4.69) is 28.3 Å². The molecule has 1 unspecified atom stereocenters. The Bertz CT molecular complexity index is 598. The molecule has 0 aliphatic carbocycles. The van der Waals surface area contributed by atoms with Crippen LogP contribution in [0.1, 0.15) is 17.8 Å².